The minimum atomic E-state index is 0.465. The molecule has 0 aliphatic carbocycles. The fourth-order valence-corrected chi connectivity index (χ4v) is 2.69. The Bertz CT molecular complexity index is 334. The maximum absolute atomic E-state index is 3.42. The molecule has 0 radical (unpaired) electrons. The molecule has 0 fully saturated rings. The van der Waals surface area contributed by atoms with Crippen molar-refractivity contribution in [2.24, 2.45) is 0 Å². The van der Waals surface area contributed by atoms with Crippen LogP contribution in [0, 0.1) is 13.8 Å². The summed E-state index contributed by atoms with van der Waals surface area (Å²) >= 11 is 2.01. The number of aryl methyl sites for hydroxylation is 1. The van der Waals surface area contributed by atoms with E-state index in [4.69, 9.17) is 0 Å². The van der Waals surface area contributed by atoms with E-state index in [-0.39, 0.29) is 0 Å². The summed E-state index contributed by atoms with van der Waals surface area (Å²) in [5, 5.41) is 4.12. The maximum Gasteiger partial charge on any atom is 0.0412 e. The summed E-state index contributed by atoms with van der Waals surface area (Å²) in [7, 11) is 2.05. The van der Waals surface area contributed by atoms with Gasteiger partial charge in [-0.2, -0.15) is 11.8 Å². The van der Waals surface area contributed by atoms with E-state index >= 15 is 0 Å². The molecular weight excluding hydrogens is 214 g/mol. The Morgan fingerprint density at radius 2 is 1.94 bits per heavy atom. The fourth-order valence-electron chi connectivity index (χ4n) is 1.77. The molecular formula is C14H23NS. The van der Waals surface area contributed by atoms with Gasteiger partial charge >= 0.3 is 0 Å². The molecule has 1 nitrogen and oxygen atoms in total. The highest BCUT2D eigenvalue weighted by molar-refractivity contribution is 7.99. The molecule has 0 amide bonds. The van der Waals surface area contributed by atoms with Crippen molar-refractivity contribution in [3.05, 3.63) is 34.9 Å². The number of hydrogen-bond acceptors (Lipinski definition) is 2. The summed E-state index contributed by atoms with van der Waals surface area (Å²) in [4.78, 5) is 0. The third kappa shape index (κ3) is 3.53. The molecule has 2 heteroatoms. The zero-order chi connectivity index (χ0) is 12.1. The van der Waals surface area contributed by atoms with Gasteiger partial charge in [-0.15, -0.1) is 0 Å². The Hall–Kier alpha value is -0.470. The molecule has 1 N–H and O–H groups in total. The molecule has 1 aromatic rings. The highest BCUT2D eigenvalue weighted by Crippen LogP contribution is 2.24. The van der Waals surface area contributed by atoms with Crippen LogP contribution in [0.15, 0.2) is 18.2 Å². The first-order valence-electron chi connectivity index (χ1n) is 5.91. The molecule has 0 aliphatic heterocycles. The Balaban J connectivity index is 2.82. The first-order chi connectivity index (χ1) is 7.56. The van der Waals surface area contributed by atoms with Gasteiger partial charge in [-0.25, -0.2) is 0 Å². The van der Waals surface area contributed by atoms with Gasteiger partial charge in [0, 0.05) is 11.8 Å². The van der Waals surface area contributed by atoms with Crippen molar-refractivity contribution in [3.63, 3.8) is 0 Å². The van der Waals surface area contributed by atoms with Crippen molar-refractivity contribution in [1.29, 1.82) is 0 Å². The monoisotopic (exact) mass is 237 g/mol. The summed E-state index contributed by atoms with van der Waals surface area (Å²) < 4.78 is 0. The summed E-state index contributed by atoms with van der Waals surface area (Å²) in [5.74, 6) is 1.14. The maximum atomic E-state index is 3.42. The van der Waals surface area contributed by atoms with Gasteiger partial charge in [0.05, 0.1) is 0 Å². The minimum Gasteiger partial charge on any atom is -0.312 e. The van der Waals surface area contributed by atoms with E-state index in [2.05, 4.69) is 51.2 Å². The molecule has 0 bridgehead atoms. The number of benzene rings is 1. The summed E-state index contributed by atoms with van der Waals surface area (Å²) in [6.45, 7) is 8.90. The van der Waals surface area contributed by atoms with Crippen molar-refractivity contribution in [1.82, 2.24) is 5.32 Å². The van der Waals surface area contributed by atoms with E-state index < -0.39 is 0 Å². The van der Waals surface area contributed by atoms with Crippen molar-refractivity contribution in [3.8, 4) is 0 Å². The van der Waals surface area contributed by atoms with Crippen LogP contribution in [-0.2, 0) is 0 Å². The molecule has 0 spiro atoms. The first-order valence-corrected chi connectivity index (χ1v) is 6.96. The van der Waals surface area contributed by atoms with Crippen molar-refractivity contribution >= 4 is 11.8 Å². The van der Waals surface area contributed by atoms with Crippen LogP contribution < -0.4 is 5.32 Å². The second-order valence-electron chi connectivity index (χ2n) is 4.51. The van der Waals surface area contributed by atoms with Crippen molar-refractivity contribution in [2.75, 3.05) is 12.8 Å². The smallest absolute Gasteiger partial charge is 0.0412 e. The quantitative estimate of drug-likeness (QED) is 0.838. The Morgan fingerprint density at radius 1 is 1.25 bits per heavy atom. The number of hydrogen-bond donors (Lipinski definition) is 1. The molecule has 90 valence electrons. The molecule has 16 heavy (non-hydrogen) atoms. The SMILES string of the molecule is CNC(CSC(C)C)c1cccc(C)c1C. The van der Waals surface area contributed by atoms with Gasteiger partial charge in [-0.05, 0) is 42.8 Å². The predicted molar refractivity (Wildman–Crippen MR) is 75.3 cm³/mol. The lowest BCUT2D eigenvalue weighted by Gasteiger charge is -2.20. The van der Waals surface area contributed by atoms with E-state index in [1.807, 2.05) is 18.8 Å². The van der Waals surface area contributed by atoms with E-state index in [1.165, 1.54) is 16.7 Å². The van der Waals surface area contributed by atoms with Crippen molar-refractivity contribution < 1.29 is 0 Å². The van der Waals surface area contributed by atoms with Crippen LogP contribution in [0.4, 0.5) is 0 Å². The zero-order valence-electron chi connectivity index (χ0n) is 11.0. The standard InChI is InChI=1S/C14H23NS/c1-10(2)16-9-14(15-5)13-8-6-7-11(3)12(13)4/h6-8,10,14-15H,9H2,1-5H3. The van der Waals surface area contributed by atoms with E-state index in [0.29, 0.717) is 11.3 Å². The molecule has 0 heterocycles. The minimum absolute atomic E-state index is 0.465. The van der Waals surface area contributed by atoms with E-state index in [1.54, 1.807) is 0 Å². The molecule has 0 saturated heterocycles. The molecule has 0 saturated carbocycles. The molecule has 0 aliphatic rings. The van der Waals surface area contributed by atoms with E-state index in [0.717, 1.165) is 5.75 Å². The van der Waals surface area contributed by atoms with Gasteiger partial charge in [-0.1, -0.05) is 32.0 Å². The fraction of sp³-hybridized carbons (Fsp3) is 0.571. The topological polar surface area (TPSA) is 12.0 Å². The second kappa shape index (κ2) is 6.31. The highest BCUT2D eigenvalue weighted by Gasteiger charge is 2.13. The zero-order valence-corrected chi connectivity index (χ0v) is 11.8. The second-order valence-corrected chi connectivity index (χ2v) is 6.12. The highest BCUT2D eigenvalue weighted by atomic mass is 32.2. The summed E-state index contributed by atoms with van der Waals surface area (Å²) in [6, 6.07) is 7.04. The first kappa shape index (κ1) is 13.6. The van der Waals surface area contributed by atoms with E-state index in [9.17, 15) is 0 Å². The van der Waals surface area contributed by atoms with Gasteiger partial charge in [0.25, 0.3) is 0 Å². The lowest BCUT2D eigenvalue weighted by atomic mass is 9.98. The average Bonchev–Trinajstić information content (AvgIpc) is 2.24. The van der Waals surface area contributed by atoms with Crippen LogP contribution in [0.1, 0.15) is 36.6 Å². The molecule has 1 aromatic carbocycles. The van der Waals surface area contributed by atoms with Crippen molar-refractivity contribution in [2.45, 2.75) is 39.0 Å². The third-order valence-electron chi connectivity index (χ3n) is 2.97. The lowest BCUT2D eigenvalue weighted by molar-refractivity contribution is 0.656. The number of thioether (sulfide) groups is 1. The van der Waals surface area contributed by atoms with Crippen LogP contribution in [0.2, 0.25) is 0 Å². The van der Waals surface area contributed by atoms with Gasteiger partial charge in [-0.3, -0.25) is 0 Å². The van der Waals surface area contributed by atoms with Crippen LogP contribution >= 0.6 is 11.8 Å². The normalized spacial score (nSPS) is 13.1. The Morgan fingerprint density at radius 3 is 2.50 bits per heavy atom. The molecule has 1 rings (SSSR count). The van der Waals surface area contributed by atoms with Gasteiger partial charge in [0.2, 0.25) is 0 Å². The summed E-state index contributed by atoms with van der Waals surface area (Å²) in [6.07, 6.45) is 0. The van der Waals surface area contributed by atoms with Crippen LogP contribution in [0.25, 0.3) is 0 Å². The lowest BCUT2D eigenvalue weighted by Crippen LogP contribution is -2.20. The molecule has 0 aromatic heterocycles. The van der Waals surface area contributed by atoms with Gasteiger partial charge in [0.1, 0.15) is 0 Å². The van der Waals surface area contributed by atoms with Crippen LogP contribution in [0.5, 0.6) is 0 Å². The summed E-state index contributed by atoms with van der Waals surface area (Å²) in [5.41, 5.74) is 4.24. The number of nitrogens with one attached hydrogen (secondary N) is 1. The average molecular weight is 237 g/mol. The molecule has 1 unspecified atom stereocenters. The molecule has 1 atom stereocenters. The Kier molecular flexibility index (Phi) is 5.36. The van der Waals surface area contributed by atoms with Gasteiger partial charge in [0.15, 0.2) is 0 Å². The third-order valence-corrected chi connectivity index (χ3v) is 4.16. The Labute approximate surface area is 104 Å². The van der Waals surface area contributed by atoms with Gasteiger partial charge < -0.3 is 5.32 Å². The van der Waals surface area contributed by atoms with Crippen LogP contribution in [-0.4, -0.2) is 18.1 Å². The predicted octanol–water partition coefficient (Wildman–Crippen LogP) is 3.71. The van der Waals surface area contributed by atoms with Crippen LogP contribution in [0.3, 0.4) is 0 Å². The largest absolute Gasteiger partial charge is 0.312 e. The number of rotatable bonds is 5.